The Labute approximate surface area is 120 Å². The normalized spacial score (nSPS) is 27.6. The van der Waals surface area contributed by atoms with Gasteiger partial charge in [0.2, 0.25) is 5.82 Å². The Bertz CT molecular complexity index is 486. The fraction of sp³-hybridized carbons (Fsp3) is 0.647. The van der Waals surface area contributed by atoms with Gasteiger partial charge in [-0.3, -0.25) is 0 Å². The summed E-state index contributed by atoms with van der Waals surface area (Å²) in [7, 11) is 0. The van der Waals surface area contributed by atoms with E-state index in [1.54, 1.807) is 6.07 Å². The Morgan fingerprint density at radius 2 is 2.15 bits per heavy atom. The molecule has 1 aliphatic carbocycles. The standard InChI is InChI=1S/C17H23FO2/c1-3-5-11-6-7-12-13-8-9-14(19-4-2)16(18)17(13)20-15(12)10-11/h8-9,11-12,15H,3-7,10H2,1-2H3. The zero-order valence-electron chi connectivity index (χ0n) is 12.3. The van der Waals surface area contributed by atoms with Gasteiger partial charge in [0, 0.05) is 11.5 Å². The number of hydrogen-bond acceptors (Lipinski definition) is 2. The quantitative estimate of drug-likeness (QED) is 0.797. The molecule has 2 aliphatic rings. The zero-order valence-corrected chi connectivity index (χ0v) is 12.3. The third-order valence-electron chi connectivity index (χ3n) is 4.66. The highest BCUT2D eigenvalue weighted by atomic mass is 19.1. The molecule has 110 valence electrons. The molecule has 20 heavy (non-hydrogen) atoms. The van der Waals surface area contributed by atoms with Crippen molar-refractivity contribution in [2.45, 2.75) is 58.0 Å². The predicted molar refractivity (Wildman–Crippen MR) is 77.0 cm³/mol. The summed E-state index contributed by atoms with van der Waals surface area (Å²) >= 11 is 0. The fourth-order valence-corrected chi connectivity index (χ4v) is 3.75. The van der Waals surface area contributed by atoms with Gasteiger partial charge in [-0.25, -0.2) is 0 Å². The van der Waals surface area contributed by atoms with Crippen LogP contribution in [0.2, 0.25) is 0 Å². The lowest BCUT2D eigenvalue weighted by atomic mass is 9.76. The van der Waals surface area contributed by atoms with E-state index in [1.807, 2.05) is 13.0 Å². The molecule has 0 aromatic heterocycles. The minimum atomic E-state index is -0.314. The molecule has 1 saturated carbocycles. The third kappa shape index (κ3) is 2.27. The number of ether oxygens (including phenoxy) is 2. The molecule has 3 unspecified atom stereocenters. The van der Waals surface area contributed by atoms with Crippen molar-refractivity contribution in [2.24, 2.45) is 5.92 Å². The van der Waals surface area contributed by atoms with Crippen molar-refractivity contribution in [1.29, 1.82) is 0 Å². The summed E-state index contributed by atoms with van der Waals surface area (Å²) in [6.07, 6.45) is 6.08. The summed E-state index contributed by atoms with van der Waals surface area (Å²) in [6.45, 7) is 4.56. The van der Waals surface area contributed by atoms with E-state index in [9.17, 15) is 4.39 Å². The smallest absolute Gasteiger partial charge is 0.207 e. The summed E-state index contributed by atoms with van der Waals surface area (Å²) in [5.41, 5.74) is 1.05. The second-order valence-electron chi connectivity index (χ2n) is 5.96. The van der Waals surface area contributed by atoms with Crippen LogP contribution in [0.3, 0.4) is 0 Å². The number of hydrogen-bond donors (Lipinski definition) is 0. The van der Waals surface area contributed by atoms with Gasteiger partial charge >= 0.3 is 0 Å². The monoisotopic (exact) mass is 278 g/mol. The minimum Gasteiger partial charge on any atom is -0.491 e. The van der Waals surface area contributed by atoms with E-state index in [-0.39, 0.29) is 11.9 Å². The highest BCUT2D eigenvalue weighted by Gasteiger charge is 2.41. The van der Waals surface area contributed by atoms with E-state index < -0.39 is 0 Å². The molecule has 3 atom stereocenters. The minimum absolute atomic E-state index is 0.168. The molecule has 1 aromatic rings. The average molecular weight is 278 g/mol. The van der Waals surface area contributed by atoms with Gasteiger partial charge in [-0.05, 0) is 38.2 Å². The van der Waals surface area contributed by atoms with Crippen LogP contribution in [-0.2, 0) is 0 Å². The van der Waals surface area contributed by atoms with E-state index in [0.717, 1.165) is 24.3 Å². The SMILES string of the molecule is CCCC1CCC2c3ccc(OCC)c(F)c3OC2C1. The molecule has 1 heterocycles. The second kappa shape index (κ2) is 5.63. The molecule has 2 nitrogen and oxygen atoms in total. The fourth-order valence-electron chi connectivity index (χ4n) is 3.75. The number of fused-ring (bicyclic) bond motifs is 3. The Morgan fingerprint density at radius 3 is 2.90 bits per heavy atom. The van der Waals surface area contributed by atoms with Crippen LogP contribution >= 0.6 is 0 Å². The maximum atomic E-state index is 14.4. The first kappa shape index (κ1) is 13.7. The summed E-state index contributed by atoms with van der Waals surface area (Å²) in [6, 6.07) is 3.75. The molecule has 0 amide bonds. The molecular weight excluding hydrogens is 255 g/mol. The highest BCUT2D eigenvalue weighted by molar-refractivity contribution is 5.48. The van der Waals surface area contributed by atoms with Crippen molar-refractivity contribution in [3.63, 3.8) is 0 Å². The molecule has 1 fully saturated rings. The van der Waals surface area contributed by atoms with Crippen LogP contribution in [0.4, 0.5) is 4.39 Å². The maximum absolute atomic E-state index is 14.4. The van der Waals surface area contributed by atoms with Crippen LogP contribution in [0.1, 0.15) is 57.4 Å². The third-order valence-corrected chi connectivity index (χ3v) is 4.66. The van der Waals surface area contributed by atoms with Crippen LogP contribution < -0.4 is 9.47 Å². The Balaban J connectivity index is 1.82. The van der Waals surface area contributed by atoms with Gasteiger partial charge in [-0.15, -0.1) is 0 Å². The van der Waals surface area contributed by atoms with Crippen molar-refractivity contribution >= 4 is 0 Å². The molecule has 3 rings (SSSR count). The van der Waals surface area contributed by atoms with Crippen molar-refractivity contribution in [1.82, 2.24) is 0 Å². The van der Waals surface area contributed by atoms with Crippen molar-refractivity contribution in [2.75, 3.05) is 6.61 Å². The van der Waals surface area contributed by atoms with Gasteiger partial charge in [0.25, 0.3) is 0 Å². The Morgan fingerprint density at radius 1 is 1.30 bits per heavy atom. The first-order valence-electron chi connectivity index (χ1n) is 7.86. The van der Waals surface area contributed by atoms with Crippen molar-refractivity contribution < 1.29 is 13.9 Å². The lowest BCUT2D eigenvalue weighted by Gasteiger charge is -2.30. The summed E-state index contributed by atoms with van der Waals surface area (Å²) in [5, 5.41) is 0. The molecule has 0 spiro atoms. The van der Waals surface area contributed by atoms with Crippen LogP contribution in [0.15, 0.2) is 12.1 Å². The first-order chi connectivity index (χ1) is 9.74. The second-order valence-corrected chi connectivity index (χ2v) is 5.96. The topological polar surface area (TPSA) is 18.5 Å². The lowest BCUT2D eigenvalue weighted by Crippen LogP contribution is -2.28. The zero-order chi connectivity index (χ0) is 14.1. The van der Waals surface area contributed by atoms with Crippen molar-refractivity contribution in [3.05, 3.63) is 23.5 Å². The van der Waals surface area contributed by atoms with Crippen LogP contribution in [-0.4, -0.2) is 12.7 Å². The summed E-state index contributed by atoms with van der Waals surface area (Å²) in [4.78, 5) is 0. The molecule has 0 N–H and O–H groups in total. The van der Waals surface area contributed by atoms with Gasteiger partial charge < -0.3 is 9.47 Å². The molecule has 1 aliphatic heterocycles. The largest absolute Gasteiger partial charge is 0.491 e. The number of benzene rings is 1. The molecule has 1 aromatic carbocycles. The average Bonchev–Trinajstić information content (AvgIpc) is 2.81. The highest BCUT2D eigenvalue weighted by Crippen LogP contribution is 2.50. The van der Waals surface area contributed by atoms with E-state index in [4.69, 9.17) is 9.47 Å². The lowest BCUT2D eigenvalue weighted by molar-refractivity contribution is 0.122. The summed E-state index contributed by atoms with van der Waals surface area (Å²) < 4.78 is 25.7. The van der Waals surface area contributed by atoms with Gasteiger partial charge in [0.15, 0.2) is 11.5 Å². The van der Waals surface area contributed by atoms with Crippen LogP contribution in [0.5, 0.6) is 11.5 Å². The molecule has 0 bridgehead atoms. The number of halogens is 1. The van der Waals surface area contributed by atoms with Gasteiger partial charge in [0.05, 0.1) is 6.61 Å². The van der Waals surface area contributed by atoms with E-state index in [1.165, 1.54) is 19.3 Å². The van der Waals surface area contributed by atoms with Crippen LogP contribution in [0, 0.1) is 11.7 Å². The molecule has 0 radical (unpaired) electrons. The van der Waals surface area contributed by atoms with Gasteiger partial charge in [0.1, 0.15) is 6.10 Å². The maximum Gasteiger partial charge on any atom is 0.207 e. The number of rotatable bonds is 4. The van der Waals surface area contributed by atoms with Crippen molar-refractivity contribution in [3.8, 4) is 11.5 Å². The predicted octanol–water partition coefficient (Wildman–Crippen LogP) is 4.67. The van der Waals surface area contributed by atoms with Gasteiger partial charge in [-0.1, -0.05) is 25.8 Å². The van der Waals surface area contributed by atoms with Gasteiger partial charge in [-0.2, -0.15) is 4.39 Å². The molecule has 0 saturated heterocycles. The van der Waals surface area contributed by atoms with Crippen LogP contribution in [0.25, 0.3) is 0 Å². The van der Waals surface area contributed by atoms with E-state index in [0.29, 0.717) is 24.0 Å². The summed E-state index contributed by atoms with van der Waals surface area (Å²) in [5.74, 6) is 1.57. The molecular formula is C17H23FO2. The van der Waals surface area contributed by atoms with E-state index >= 15 is 0 Å². The van der Waals surface area contributed by atoms with E-state index in [2.05, 4.69) is 6.92 Å². The Kier molecular flexibility index (Phi) is 3.86. The molecule has 3 heteroatoms. The Hall–Kier alpha value is -1.25. The first-order valence-corrected chi connectivity index (χ1v) is 7.86.